The Morgan fingerprint density at radius 2 is 0.609 bits per heavy atom. The molecule has 0 saturated carbocycles. The molecule has 0 aromatic rings. The summed E-state index contributed by atoms with van der Waals surface area (Å²) in [6.45, 7) is 7.89. The smallest absolute Gasteiger partial charge is 0.306 e. The molecule has 0 aliphatic carbocycles. The highest BCUT2D eigenvalue weighted by atomic mass is 16.6. The summed E-state index contributed by atoms with van der Waals surface area (Å²) >= 11 is 0. The molecule has 0 aromatic carbocycles. The van der Waals surface area contributed by atoms with Crippen LogP contribution in [0.3, 0.4) is 0 Å². The number of carbonyl (C=O) groups is 2. The maximum absolute atomic E-state index is 12.9. The summed E-state index contributed by atoms with van der Waals surface area (Å²) in [6, 6.07) is 0. The second-order valence-corrected chi connectivity index (χ2v) is 19.9. The molecule has 1 atom stereocenters. The van der Waals surface area contributed by atoms with Crippen LogP contribution in [0.15, 0.2) is 12.2 Å². The van der Waals surface area contributed by atoms with E-state index in [2.05, 4.69) is 32.9 Å². The average molecular weight is 904 g/mol. The summed E-state index contributed by atoms with van der Waals surface area (Å²) < 4.78 is 17.5. The fourth-order valence-corrected chi connectivity index (χ4v) is 8.92. The van der Waals surface area contributed by atoms with Crippen LogP contribution < -0.4 is 0 Å². The van der Waals surface area contributed by atoms with Crippen molar-refractivity contribution in [3.05, 3.63) is 12.2 Å². The Labute approximate surface area is 401 Å². The monoisotopic (exact) mass is 903 g/mol. The molecule has 1 unspecified atom stereocenters. The van der Waals surface area contributed by atoms with Gasteiger partial charge in [0.05, 0.1) is 6.61 Å². The lowest BCUT2D eigenvalue weighted by Crippen LogP contribution is -2.30. The first-order chi connectivity index (χ1) is 31.6. The minimum Gasteiger partial charge on any atom is -0.462 e. The summed E-state index contributed by atoms with van der Waals surface area (Å²) in [5, 5.41) is 0. The van der Waals surface area contributed by atoms with Crippen LogP contribution in [-0.4, -0.2) is 37.9 Å². The van der Waals surface area contributed by atoms with Crippen LogP contribution in [0, 0.1) is 0 Å². The van der Waals surface area contributed by atoms with Crippen molar-refractivity contribution >= 4 is 11.9 Å². The lowest BCUT2D eigenvalue weighted by Gasteiger charge is -2.18. The van der Waals surface area contributed by atoms with E-state index >= 15 is 0 Å². The van der Waals surface area contributed by atoms with Crippen molar-refractivity contribution in [3.63, 3.8) is 0 Å². The van der Waals surface area contributed by atoms with Gasteiger partial charge in [-0.2, -0.15) is 0 Å². The molecule has 0 aromatic heterocycles. The Balaban J connectivity index is 4.19. The summed E-state index contributed by atoms with van der Waals surface area (Å²) in [4.78, 5) is 25.5. The lowest BCUT2D eigenvalue weighted by atomic mass is 10.0. The van der Waals surface area contributed by atoms with Gasteiger partial charge in [-0.1, -0.05) is 283 Å². The van der Waals surface area contributed by atoms with Crippen LogP contribution in [0.4, 0.5) is 0 Å². The van der Waals surface area contributed by atoms with Gasteiger partial charge in [-0.25, -0.2) is 0 Å². The van der Waals surface area contributed by atoms with E-state index in [0.29, 0.717) is 26.1 Å². The molecule has 0 heterocycles. The Kier molecular flexibility index (Phi) is 54.8. The van der Waals surface area contributed by atoms with E-state index in [1.54, 1.807) is 0 Å². The minimum absolute atomic E-state index is 0.0930. The Hall–Kier alpha value is -1.36. The largest absolute Gasteiger partial charge is 0.462 e. The molecule has 64 heavy (non-hydrogen) atoms. The molecule has 0 aliphatic rings. The van der Waals surface area contributed by atoms with Gasteiger partial charge < -0.3 is 14.2 Å². The maximum Gasteiger partial charge on any atom is 0.306 e. The number of ether oxygens (including phenoxy) is 3. The van der Waals surface area contributed by atoms with Crippen molar-refractivity contribution in [1.82, 2.24) is 0 Å². The van der Waals surface area contributed by atoms with Crippen LogP contribution in [0.1, 0.15) is 329 Å². The van der Waals surface area contributed by atoms with E-state index in [-0.39, 0.29) is 18.5 Å². The highest BCUT2D eigenvalue weighted by Crippen LogP contribution is 2.17. The summed E-state index contributed by atoms with van der Waals surface area (Å²) in [6.07, 6.45) is 65.2. The van der Waals surface area contributed by atoms with Gasteiger partial charge in [-0.3, -0.25) is 9.59 Å². The first-order valence-electron chi connectivity index (χ1n) is 29.2. The van der Waals surface area contributed by atoms with Gasteiger partial charge in [0, 0.05) is 19.4 Å². The Morgan fingerprint density at radius 3 is 0.969 bits per heavy atom. The minimum atomic E-state index is -0.530. The highest BCUT2D eigenvalue weighted by molar-refractivity contribution is 5.70. The summed E-state index contributed by atoms with van der Waals surface area (Å²) in [7, 11) is 0. The Bertz CT molecular complexity index is 932. The molecule has 0 fully saturated rings. The van der Waals surface area contributed by atoms with Crippen LogP contribution in [0.2, 0.25) is 0 Å². The second kappa shape index (κ2) is 56.0. The number of rotatable bonds is 55. The van der Waals surface area contributed by atoms with Crippen molar-refractivity contribution < 1.29 is 23.8 Å². The molecule has 5 heteroatoms. The molecule has 0 bridgehead atoms. The summed E-state index contributed by atoms with van der Waals surface area (Å²) in [5.74, 6) is -0.372. The SMILES string of the molecule is CCCCCC/C=C\CCCCCCCCOCC(COC(=O)CCCCCCCCCCCCCCCCCCC)OC(=O)CCCCCCCCCCCCCCCCCCC. The van der Waals surface area contributed by atoms with Crippen LogP contribution in [0.5, 0.6) is 0 Å². The predicted molar refractivity (Wildman–Crippen MR) is 279 cm³/mol. The molecule has 380 valence electrons. The molecule has 0 saturated heterocycles. The fourth-order valence-electron chi connectivity index (χ4n) is 8.92. The van der Waals surface area contributed by atoms with E-state index in [9.17, 15) is 9.59 Å². The number of carbonyl (C=O) groups excluding carboxylic acids is 2. The molecular weight excluding hydrogens is 789 g/mol. The third-order valence-corrected chi connectivity index (χ3v) is 13.3. The zero-order valence-electron chi connectivity index (χ0n) is 43.8. The van der Waals surface area contributed by atoms with Crippen molar-refractivity contribution in [2.75, 3.05) is 19.8 Å². The van der Waals surface area contributed by atoms with Gasteiger partial charge in [0.15, 0.2) is 6.10 Å². The molecule has 0 rings (SSSR count). The number of unbranched alkanes of at least 4 members (excludes halogenated alkanes) is 42. The van der Waals surface area contributed by atoms with Gasteiger partial charge >= 0.3 is 11.9 Å². The fraction of sp³-hybridized carbons (Fsp3) is 0.932. The summed E-state index contributed by atoms with van der Waals surface area (Å²) in [5.41, 5.74) is 0. The first kappa shape index (κ1) is 62.6. The second-order valence-electron chi connectivity index (χ2n) is 19.9. The third-order valence-electron chi connectivity index (χ3n) is 13.3. The van der Waals surface area contributed by atoms with Crippen molar-refractivity contribution in [2.24, 2.45) is 0 Å². The molecular formula is C59H114O5. The van der Waals surface area contributed by atoms with Gasteiger partial charge in [-0.05, 0) is 44.9 Å². The van der Waals surface area contributed by atoms with Crippen LogP contribution in [0.25, 0.3) is 0 Å². The predicted octanol–water partition coefficient (Wildman–Crippen LogP) is 19.8. The van der Waals surface area contributed by atoms with Gasteiger partial charge in [0.1, 0.15) is 6.61 Å². The molecule has 0 radical (unpaired) electrons. The highest BCUT2D eigenvalue weighted by Gasteiger charge is 2.17. The first-order valence-corrected chi connectivity index (χ1v) is 29.2. The van der Waals surface area contributed by atoms with E-state index in [4.69, 9.17) is 14.2 Å². The normalized spacial score (nSPS) is 12.1. The van der Waals surface area contributed by atoms with E-state index in [1.807, 2.05) is 0 Å². The van der Waals surface area contributed by atoms with Crippen molar-refractivity contribution in [2.45, 2.75) is 335 Å². The molecule has 0 aliphatic heterocycles. The molecule has 0 N–H and O–H groups in total. The maximum atomic E-state index is 12.9. The van der Waals surface area contributed by atoms with Gasteiger partial charge in [0.2, 0.25) is 0 Å². The van der Waals surface area contributed by atoms with E-state index < -0.39 is 6.10 Å². The van der Waals surface area contributed by atoms with Crippen LogP contribution >= 0.6 is 0 Å². The standard InChI is InChI=1S/C59H114O5/c1-4-7-10-13-16-19-22-25-28-30-32-34-37-40-43-46-49-52-58(60)63-56-57(55-62-54-51-48-45-42-39-36-27-24-21-18-15-12-9-6-3)64-59(61)53-50-47-44-41-38-35-33-31-29-26-23-20-17-14-11-8-5-2/h21,24,57H,4-20,22-23,25-56H2,1-3H3/b24-21-. The number of esters is 2. The average Bonchev–Trinajstić information content (AvgIpc) is 3.30. The van der Waals surface area contributed by atoms with Crippen molar-refractivity contribution in [3.8, 4) is 0 Å². The molecule has 0 spiro atoms. The number of hydrogen-bond acceptors (Lipinski definition) is 5. The lowest BCUT2D eigenvalue weighted by molar-refractivity contribution is -0.163. The van der Waals surface area contributed by atoms with Crippen molar-refractivity contribution in [1.29, 1.82) is 0 Å². The van der Waals surface area contributed by atoms with E-state index in [1.165, 1.54) is 257 Å². The molecule has 5 nitrogen and oxygen atoms in total. The third kappa shape index (κ3) is 53.3. The quantitative estimate of drug-likeness (QED) is 0.0346. The number of hydrogen-bond donors (Lipinski definition) is 0. The van der Waals surface area contributed by atoms with Gasteiger partial charge in [-0.15, -0.1) is 0 Å². The zero-order valence-corrected chi connectivity index (χ0v) is 43.8. The number of allylic oxidation sites excluding steroid dienone is 2. The zero-order chi connectivity index (χ0) is 46.3. The molecule has 0 amide bonds. The topological polar surface area (TPSA) is 61.8 Å². The van der Waals surface area contributed by atoms with Crippen LogP contribution in [-0.2, 0) is 23.8 Å². The Morgan fingerprint density at radius 1 is 0.328 bits per heavy atom. The van der Waals surface area contributed by atoms with E-state index in [0.717, 1.165) is 38.5 Å². The van der Waals surface area contributed by atoms with Gasteiger partial charge in [0.25, 0.3) is 0 Å².